The molecule has 0 radical (unpaired) electrons. The summed E-state index contributed by atoms with van der Waals surface area (Å²) in [6.07, 6.45) is 2.67. The molecule has 6 heteroatoms. The Hall–Kier alpha value is -1.56. The highest BCUT2D eigenvalue weighted by atomic mass is 79.9. The van der Waals surface area contributed by atoms with Crippen LogP contribution in [0.1, 0.15) is 36.0 Å². The molecule has 1 fully saturated rings. The first kappa shape index (κ1) is 15.8. The van der Waals surface area contributed by atoms with Crippen LogP contribution in [0.2, 0.25) is 0 Å². The van der Waals surface area contributed by atoms with Crippen LogP contribution in [0.25, 0.3) is 0 Å². The van der Waals surface area contributed by atoms with Crippen LogP contribution >= 0.6 is 15.9 Å². The van der Waals surface area contributed by atoms with Gasteiger partial charge in [-0.2, -0.15) is 0 Å². The second-order valence-corrected chi connectivity index (χ2v) is 6.34. The number of hydrogen-bond acceptors (Lipinski definition) is 3. The fourth-order valence-corrected chi connectivity index (χ4v) is 3.09. The fourth-order valence-electron chi connectivity index (χ4n) is 2.71. The summed E-state index contributed by atoms with van der Waals surface area (Å²) in [5.41, 5.74) is 6.88. The molecule has 5 nitrogen and oxygen atoms in total. The highest BCUT2D eigenvalue weighted by molar-refractivity contribution is 9.10. The Kier molecular flexibility index (Phi) is 5.22. The van der Waals surface area contributed by atoms with Crippen molar-refractivity contribution in [3.63, 3.8) is 0 Å². The van der Waals surface area contributed by atoms with Gasteiger partial charge < -0.3 is 15.7 Å². The van der Waals surface area contributed by atoms with Crippen molar-refractivity contribution >= 4 is 33.5 Å². The van der Waals surface area contributed by atoms with Crippen molar-refractivity contribution in [3.8, 4) is 0 Å². The normalized spacial score (nSPS) is 18.5. The summed E-state index contributed by atoms with van der Waals surface area (Å²) in [7, 11) is 0. The highest BCUT2D eigenvalue weighted by Crippen LogP contribution is 2.25. The maximum absolute atomic E-state index is 12.5. The van der Waals surface area contributed by atoms with E-state index in [4.69, 9.17) is 10.8 Å². The number of anilines is 1. The lowest BCUT2D eigenvalue weighted by Crippen LogP contribution is -2.40. The maximum atomic E-state index is 12.5. The van der Waals surface area contributed by atoms with E-state index >= 15 is 0 Å². The van der Waals surface area contributed by atoms with Crippen LogP contribution in [0.4, 0.5) is 5.69 Å². The molecule has 0 bridgehead atoms. The molecule has 0 aromatic heterocycles. The number of halogens is 1. The lowest BCUT2D eigenvalue weighted by Gasteiger charge is -2.33. The Balaban J connectivity index is 2.03. The van der Waals surface area contributed by atoms with Crippen LogP contribution in [0.15, 0.2) is 22.7 Å². The summed E-state index contributed by atoms with van der Waals surface area (Å²) in [6, 6.07) is 5.25. The van der Waals surface area contributed by atoms with E-state index in [2.05, 4.69) is 15.9 Å². The number of carboxylic acid groups (broad SMARTS) is 1. The number of aliphatic carboxylic acids is 1. The Morgan fingerprint density at radius 2 is 2.19 bits per heavy atom. The van der Waals surface area contributed by atoms with Crippen molar-refractivity contribution in [2.75, 3.05) is 18.8 Å². The molecule has 1 aromatic rings. The van der Waals surface area contributed by atoms with Crippen LogP contribution in [0, 0.1) is 5.92 Å². The SMILES string of the molecule is Nc1cc(Br)ccc1C(=O)N1CCCC(CCC(=O)O)C1. The van der Waals surface area contributed by atoms with Gasteiger partial charge in [-0.25, -0.2) is 0 Å². The molecular weight excluding hydrogens is 336 g/mol. The van der Waals surface area contributed by atoms with Crippen molar-refractivity contribution in [2.24, 2.45) is 5.92 Å². The summed E-state index contributed by atoms with van der Waals surface area (Å²) in [5, 5.41) is 8.76. The van der Waals surface area contributed by atoms with Gasteiger partial charge in [-0.1, -0.05) is 15.9 Å². The molecule has 1 amide bonds. The van der Waals surface area contributed by atoms with E-state index in [1.807, 2.05) is 0 Å². The van der Waals surface area contributed by atoms with E-state index in [1.54, 1.807) is 23.1 Å². The number of carbonyl (C=O) groups is 2. The van der Waals surface area contributed by atoms with Crippen LogP contribution in [-0.4, -0.2) is 35.0 Å². The predicted octanol–water partition coefficient (Wildman–Crippen LogP) is 2.75. The average molecular weight is 355 g/mol. The maximum Gasteiger partial charge on any atom is 0.303 e. The number of nitrogen functional groups attached to an aromatic ring is 1. The van der Waals surface area contributed by atoms with E-state index in [-0.39, 0.29) is 18.2 Å². The van der Waals surface area contributed by atoms with E-state index in [9.17, 15) is 9.59 Å². The molecule has 1 heterocycles. The zero-order valence-electron chi connectivity index (χ0n) is 11.7. The van der Waals surface area contributed by atoms with Gasteiger partial charge >= 0.3 is 5.97 Å². The van der Waals surface area contributed by atoms with Gasteiger partial charge in [-0.05, 0) is 43.4 Å². The lowest BCUT2D eigenvalue weighted by molar-refractivity contribution is -0.137. The van der Waals surface area contributed by atoms with Crippen molar-refractivity contribution < 1.29 is 14.7 Å². The van der Waals surface area contributed by atoms with Gasteiger partial charge in [0.1, 0.15) is 0 Å². The summed E-state index contributed by atoms with van der Waals surface area (Å²) in [4.78, 5) is 25.0. The Bertz CT molecular complexity index is 548. The minimum atomic E-state index is -0.782. The standard InChI is InChI=1S/C15H19BrN2O3/c16-11-4-5-12(13(17)8-11)15(21)18-7-1-2-10(9-18)3-6-14(19)20/h4-5,8,10H,1-3,6-7,9,17H2,(H,19,20). The molecule has 1 atom stereocenters. The lowest BCUT2D eigenvalue weighted by atomic mass is 9.93. The molecule has 114 valence electrons. The largest absolute Gasteiger partial charge is 0.481 e. The van der Waals surface area contributed by atoms with Crippen LogP contribution in [0.5, 0.6) is 0 Å². The third-order valence-electron chi connectivity index (χ3n) is 3.82. The number of amides is 1. The first-order valence-electron chi connectivity index (χ1n) is 7.03. The Morgan fingerprint density at radius 1 is 1.43 bits per heavy atom. The molecule has 3 N–H and O–H groups in total. The molecule has 0 aliphatic carbocycles. The number of carbonyl (C=O) groups excluding carboxylic acids is 1. The Morgan fingerprint density at radius 3 is 2.86 bits per heavy atom. The van der Waals surface area contributed by atoms with Gasteiger partial charge in [0.2, 0.25) is 0 Å². The molecule has 21 heavy (non-hydrogen) atoms. The van der Waals surface area contributed by atoms with E-state index in [0.29, 0.717) is 30.8 Å². The fraction of sp³-hybridized carbons (Fsp3) is 0.467. The van der Waals surface area contributed by atoms with Crippen molar-refractivity contribution in [2.45, 2.75) is 25.7 Å². The summed E-state index contributed by atoms with van der Waals surface area (Å²) in [6.45, 7) is 1.32. The predicted molar refractivity (Wildman–Crippen MR) is 84.1 cm³/mol. The number of benzene rings is 1. The van der Waals surface area contributed by atoms with Crippen LogP contribution in [0.3, 0.4) is 0 Å². The van der Waals surface area contributed by atoms with E-state index in [0.717, 1.165) is 17.3 Å². The zero-order chi connectivity index (χ0) is 15.4. The third-order valence-corrected chi connectivity index (χ3v) is 4.31. The van der Waals surface area contributed by atoms with Gasteiger partial charge in [0.25, 0.3) is 5.91 Å². The molecule has 2 rings (SSSR count). The number of hydrogen-bond donors (Lipinski definition) is 2. The third kappa shape index (κ3) is 4.20. The van der Waals surface area contributed by atoms with Gasteiger partial charge in [0.05, 0.1) is 5.56 Å². The number of carboxylic acids is 1. The van der Waals surface area contributed by atoms with Gasteiger partial charge in [0, 0.05) is 29.7 Å². The van der Waals surface area contributed by atoms with Gasteiger partial charge in [-0.15, -0.1) is 0 Å². The molecule has 1 aromatic carbocycles. The minimum Gasteiger partial charge on any atom is -0.481 e. The van der Waals surface area contributed by atoms with Crippen LogP contribution < -0.4 is 5.73 Å². The Labute approximate surface area is 132 Å². The zero-order valence-corrected chi connectivity index (χ0v) is 13.3. The van der Waals surface area contributed by atoms with E-state index in [1.165, 1.54) is 0 Å². The highest BCUT2D eigenvalue weighted by Gasteiger charge is 2.25. The van der Waals surface area contributed by atoms with Crippen LogP contribution in [-0.2, 0) is 4.79 Å². The molecule has 1 unspecified atom stereocenters. The number of rotatable bonds is 4. The molecule has 1 aliphatic rings. The number of nitrogens with zero attached hydrogens (tertiary/aromatic N) is 1. The molecule has 0 spiro atoms. The average Bonchev–Trinajstić information content (AvgIpc) is 2.45. The second kappa shape index (κ2) is 6.93. The topological polar surface area (TPSA) is 83.6 Å². The van der Waals surface area contributed by atoms with Crippen molar-refractivity contribution in [3.05, 3.63) is 28.2 Å². The van der Waals surface area contributed by atoms with Crippen molar-refractivity contribution in [1.82, 2.24) is 4.90 Å². The number of piperidine rings is 1. The van der Waals surface area contributed by atoms with Crippen molar-refractivity contribution in [1.29, 1.82) is 0 Å². The minimum absolute atomic E-state index is 0.0694. The smallest absolute Gasteiger partial charge is 0.303 e. The molecule has 0 saturated carbocycles. The summed E-state index contributed by atoms with van der Waals surface area (Å²) in [5.74, 6) is -0.592. The molecular formula is C15H19BrN2O3. The second-order valence-electron chi connectivity index (χ2n) is 5.42. The molecule has 1 aliphatic heterocycles. The summed E-state index contributed by atoms with van der Waals surface area (Å²) >= 11 is 3.32. The number of likely N-dealkylation sites (tertiary alicyclic amines) is 1. The van der Waals surface area contributed by atoms with Gasteiger partial charge in [-0.3, -0.25) is 9.59 Å². The van der Waals surface area contributed by atoms with Gasteiger partial charge in [0.15, 0.2) is 0 Å². The molecule has 1 saturated heterocycles. The quantitative estimate of drug-likeness (QED) is 0.814. The first-order valence-corrected chi connectivity index (χ1v) is 7.82. The summed E-state index contributed by atoms with van der Waals surface area (Å²) < 4.78 is 0.842. The van der Waals surface area contributed by atoms with E-state index < -0.39 is 5.97 Å². The number of nitrogens with two attached hydrogens (primary N) is 1. The first-order chi connectivity index (χ1) is 9.97. The monoisotopic (exact) mass is 354 g/mol.